The SMILES string of the molecule is CB1OC(C)(C)C(C)(CCB2OCCO2)O1. The van der Waals surface area contributed by atoms with Crippen molar-refractivity contribution < 1.29 is 18.6 Å². The molecular weight excluding hydrogens is 206 g/mol. The second-order valence-corrected chi connectivity index (χ2v) is 5.25. The van der Waals surface area contributed by atoms with E-state index in [-0.39, 0.29) is 25.4 Å². The third-order valence-corrected chi connectivity index (χ3v) is 3.71. The summed E-state index contributed by atoms with van der Waals surface area (Å²) in [6, 6.07) is 0. The zero-order chi connectivity index (χ0) is 11.8. The average molecular weight is 226 g/mol. The molecule has 2 aliphatic heterocycles. The van der Waals surface area contributed by atoms with E-state index in [2.05, 4.69) is 20.8 Å². The molecule has 90 valence electrons. The molecule has 2 heterocycles. The van der Waals surface area contributed by atoms with Crippen LogP contribution in [0.25, 0.3) is 0 Å². The summed E-state index contributed by atoms with van der Waals surface area (Å²) in [6.45, 7) is 9.61. The molecule has 1 atom stereocenters. The first-order valence-electron chi connectivity index (χ1n) is 6.02. The number of rotatable bonds is 3. The third kappa shape index (κ3) is 2.30. The van der Waals surface area contributed by atoms with Crippen LogP contribution in [0.15, 0.2) is 0 Å². The van der Waals surface area contributed by atoms with Crippen LogP contribution >= 0.6 is 0 Å². The molecule has 0 N–H and O–H groups in total. The van der Waals surface area contributed by atoms with Gasteiger partial charge in [-0.3, -0.25) is 0 Å². The van der Waals surface area contributed by atoms with Gasteiger partial charge >= 0.3 is 14.2 Å². The Morgan fingerprint density at radius 1 is 1.06 bits per heavy atom. The van der Waals surface area contributed by atoms with Gasteiger partial charge in [-0.1, -0.05) is 0 Å². The van der Waals surface area contributed by atoms with Crippen LogP contribution in [0, 0.1) is 0 Å². The fourth-order valence-electron chi connectivity index (χ4n) is 2.40. The second-order valence-electron chi connectivity index (χ2n) is 5.25. The standard InChI is InChI=1S/C10H20B2O4/c1-9(2)10(3,16-11(4)15-9)5-6-12-13-7-8-14-12/h5-8H2,1-4H3. The molecule has 0 saturated carbocycles. The Morgan fingerprint density at radius 3 is 2.19 bits per heavy atom. The van der Waals surface area contributed by atoms with Gasteiger partial charge < -0.3 is 18.6 Å². The Labute approximate surface area is 98.3 Å². The van der Waals surface area contributed by atoms with E-state index in [1.807, 2.05) is 6.82 Å². The van der Waals surface area contributed by atoms with Crippen LogP contribution in [-0.4, -0.2) is 38.7 Å². The highest BCUT2D eigenvalue weighted by molar-refractivity contribution is 6.45. The van der Waals surface area contributed by atoms with Crippen molar-refractivity contribution in [3.63, 3.8) is 0 Å². The van der Waals surface area contributed by atoms with Gasteiger partial charge in [-0.05, 0) is 40.3 Å². The minimum Gasteiger partial charge on any atom is -0.409 e. The topological polar surface area (TPSA) is 36.9 Å². The Bertz CT molecular complexity index is 255. The molecule has 0 spiro atoms. The molecule has 0 bridgehead atoms. The molecule has 4 nitrogen and oxygen atoms in total. The largest absolute Gasteiger partial charge is 0.457 e. The van der Waals surface area contributed by atoms with Gasteiger partial charge in [0, 0.05) is 0 Å². The molecule has 0 radical (unpaired) electrons. The van der Waals surface area contributed by atoms with E-state index in [9.17, 15) is 0 Å². The van der Waals surface area contributed by atoms with E-state index < -0.39 is 0 Å². The van der Waals surface area contributed by atoms with E-state index in [1.54, 1.807) is 0 Å². The highest BCUT2D eigenvalue weighted by atomic mass is 16.7. The molecule has 2 rings (SSSR count). The van der Waals surface area contributed by atoms with Gasteiger partial charge in [-0.2, -0.15) is 0 Å². The lowest BCUT2D eigenvalue weighted by Gasteiger charge is -2.36. The van der Waals surface area contributed by atoms with Crippen molar-refractivity contribution in [2.75, 3.05) is 13.2 Å². The molecule has 0 aromatic rings. The van der Waals surface area contributed by atoms with Gasteiger partial charge in [-0.25, -0.2) is 0 Å². The first-order valence-corrected chi connectivity index (χ1v) is 6.02. The summed E-state index contributed by atoms with van der Waals surface area (Å²) >= 11 is 0. The highest BCUT2D eigenvalue weighted by Crippen LogP contribution is 2.40. The van der Waals surface area contributed by atoms with Crippen molar-refractivity contribution in [3.8, 4) is 0 Å². The minimum absolute atomic E-state index is 0.0628. The van der Waals surface area contributed by atoms with Crippen molar-refractivity contribution in [3.05, 3.63) is 0 Å². The Balaban J connectivity index is 1.91. The maximum Gasteiger partial charge on any atom is 0.457 e. The molecule has 0 aliphatic carbocycles. The monoisotopic (exact) mass is 226 g/mol. The predicted octanol–water partition coefficient (Wildman–Crippen LogP) is 1.61. The molecule has 2 aliphatic rings. The molecular formula is C10H20B2O4. The van der Waals surface area contributed by atoms with E-state index in [4.69, 9.17) is 18.6 Å². The van der Waals surface area contributed by atoms with Crippen LogP contribution in [0.3, 0.4) is 0 Å². The van der Waals surface area contributed by atoms with Gasteiger partial charge in [0.15, 0.2) is 0 Å². The lowest BCUT2D eigenvalue weighted by atomic mass is 9.74. The van der Waals surface area contributed by atoms with Crippen LogP contribution in [0.4, 0.5) is 0 Å². The zero-order valence-corrected chi connectivity index (χ0v) is 10.6. The molecule has 2 saturated heterocycles. The lowest BCUT2D eigenvalue weighted by molar-refractivity contribution is -0.0128. The van der Waals surface area contributed by atoms with Crippen molar-refractivity contribution in [1.29, 1.82) is 0 Å². The van der Waals surface area contributed by atoms with Crippen LogP contribution < -0.4 is 0 Å². The maximum atomic E-state index is 5.89. The third-order valence-electron chi connectivity index (χ3n) is 3.71. The second kappa shape index (κ2) is 4.33. The van der Waals surface area contributed by atoms with Gasteiger partial charge in [0.05, 0.1) is 24.4 Å². The number of hydrogen-bond acceptors (Lipinski definition) is 4. The normalized spacial score (nSPS) is 33.8. The van der Waals surface area contributed by atoms with Gasteiger partial charge in [0.1, 0.15) is 0 Å². The van der Waals surface area contributed by atoms with Gasteiger partial charge in [0.2, 0.25) is 0 Å². The fourth-order valence-corrected chi connectivity index (χ4v) is 2.40. The molecule has 0 amide bonds. The highest BCUT2D eigenvalue weighted by Gasteiger charge is 2.52. The lowest BCUT2D eigenvalue weighted by Crippen LogP contribution is -2.45. The van der Waals surface area contributed by atoms with Crippen LogP contribution in [0.1, 0.15) is 27.2 Å². The Kier molecular flexibility index (Phi) is 3.36. The molecule has 0 aromatic heterocycles. The quantitative estimate of drug-likeness (QED) is 0.685. The molecule has 16 heavy (non-hydrogen) atoms. The number of hydrogen-bond donors (Lipinski definition) is 0. The van der Waals surface area contributed by atoms with Gasteiger partial charge in [-0.15, -0.1) is 0 Å². The van der Waals surface area contributed by atoms with E-state index in [0.717, 1.165) is 12.7 Å². The van der Waals surface area contributed by atoms with E-state index in [1.165, 1.54) is 0 Å². The van der Waals surface area contributed by atoms with Gasteiger partial charge in [0.25, 0.3) is 0 Å². The summed E-state index contributed by atoms with van der Waals surface area (Å²) in [7, 11) is -0.197. The molecule has 1 unspecified atom stereocenters. The predicted molar refractivity (Wildman–Crippen MR) is 63.4 cm³/mol. The summed E-state index contributed by atoms with van der Waals surface area (Å²) in [6.07, 6.45) is 1.74. The zero-order valence-electron chi connectivity index (χ0n) is 10.6. The van der Waals surface area contributed by atoms with Crippen molar-refractivity contribution >= 4 is 14.2 Å². The molecule has 6 heteroatoms. The smallest absolute Gasteiger partial charge is 0.409 e. The fraction of sp³-hybridized carbons (Fsp3) is 1.00. The van der Waals surface area contributed by atoms with Crippen LogP contribution in [-0.2, 0) is 18.6 Å². The summed E-state index contributed by atoms with van der Waals surface area (Å²) in [4.78, 5) is 0. The minimum atomic E-state index is -0.262. The van der Waals surface area contributed by atoms with Crippen molar-refractivity contribution in [1.82, 2.24) is 0 Å². The van der Waals surface area contributed by atoms with Crippen LogP contribution in [0.2, 0.25) is 13.1 Å². The van der Waals surface area contributed by atoms with E-state index in [0.29, 0.717) is 13.2 Å². The summed E-state index contributed by atoms with van der Waals surface area (Å²) in [5.41, 5.74) is -0.521. The summed E-state index contributed by atoms with van der Waals surface area (Å²) < 4.78 is 22.5. The Hall–Kier alpha value is -0.0301. The molecule has 2 fully saturated rings. The first-order chi connectivity index (χ1) is 7.43. The summed E-state index contributed by atoms with van der Waals surface area (Å²) in [5.74, 6) is 0. The average Bonchev–Trinajstić information content (AvgIpc) is 2.71. The van der Waals surface area contributed by atoms with Crippen molar-refractivity contribution in [2.45, 2.75) is 51.5 Å². The maximum absolute atomic E-state index is 5.89. The summed E-state index contributed by atoms with van der Waals surface area (Å²) in [5, 5.41) is 0. The van der Waals surface area contributed by atoms with Crippen molar-refractivity contribution in [2.24, 2.45) is 0 Å². The van der Waals surface area contributed by atoms with E-state index >= 15 is 0 Å². The van der Waals surface area contributed by atoms with Crippen LogP contribution in [0.5, 0.6) is 0 Å². The Morgan fingerprint density at radius 2 is 1.69 bits per heavy atom. The first kappa shape index (κ1) is 12.4. The molecule has 0 aromatic carbocycles.